The molecule has 1 aromatic carbocycles. The fourth-order valence-electron chi connectivity index (χ4n) is 3.60. The zero-order chi connectivity index (χ0) is 18.1. The Morgan fingerprint density at radius 2 is 2.00 bits per heavy atom. The van der Waals surface area contributed by atoms with Crippen LogP contribution in [0, 0.1) is 5.92 Å². The first kappa shape index (κ1) is 19.3. The number of carbonyl (C=O) groups is 1. The molecule has 1 saturated heterocycles. The van der Waals surface area contributed by atoms with Crippen molar-refractivity contribution in [2.45, 2.75) is 39.5 Å². The van der Waals surface area contributed by atoms with E-state index >= 15 is 0 Å². The minimum absolute atomic E-state index is 0.00470. The van der Waals surface area contributed by atoms with Gasteiger partial charge in [-0.25, -0.2) is 0 Å². The van der Waals surface area contributed by atoms with Gasteiger partial charge in [0.1, 0.15) is 0 Å². The number of amides is 1. The maximum Gasteiger partial charge on any atom is 0.216 e. The van der Waals surface area contributed by atoms with Gasteiger partial charge >= 0.3 is 0 Å². The Balaban J connectivity index is 2.01. The number of carbonyl (C=O) groups excluding carboxylic acids is 1. The number of benzene rings is 1. The second-order valence-corrected chi connectivity index (χ2v) is 6.64. The molecule has 0 aromatic heterocycles. The second-order valence-electron chi connectivity index (χ2n) is 6.64. The Labute approximate surface area is 151 Å². The van der Waals surface area contributed by atoms with Crippen LogP contribution in [-0.2, 0) is 4.79 Å². The molecule has 0 aliphatic carbocycles. The topological polar surface area (TPSA) is 56.7 Å². The molecule has 138 valence electrons. The largest absolute Gasteiger partial charge is 0.357 e. The number of hydrogen-bond acceptors (Lipinski definition) is 2. The third-order valence-corrected chi connectivity index (χ3v) is 4.87. The van der Waals surface area contributed by atoms with E-state index in [-0.39, 0.29) is 5.91 Å². The maximum atomic E-state index is 11.0. The minimum Gasteiger partial charge on any atom is -0.357 e. The van der Waals surface area contributed by atoms with Crippen LogP contribution in [0.2, 0.25) is 0 Å². The van der Waals surface area contributed by atoms with Crippen LogP contribution in [0.5, 0.6) is 0 Å². The molecular weight excluding hydrogens is 312 g/mol. The fourth-order valence-corrected chi connectivity index (χ4v) is 3.60. The molecule has 5 heteroatoms. The summed E-state index contributed by atoms with van der Waals surface area (Å²) in [5.74, 6) is 2.23. The molecule has 1 amide bonds. The van der Waals surface area contributed by atoms with Crippen molar-refractivity contribution in [2.24, 2.45) is 10.9 Å². The molecule has 1 aliphatic heterocycles. The van der Waals surface area contributed by atoms with Crippen molar-refractivity contribution in [1.82, 2.24) is 15.5 Å². The van der Waals surface area contributed by atoms with E-state index in [0.717, 1.165) is 32.0 Å². The lowest BCUT2D eigenvalue weighted by atomic mass is 9.79. The number of hydrogen-bond donors (Lipinski definition) is 2. The highest BCUT2D eigenvalue weighted by molar-refractivity contribution is 5.80. The summed E-state index contributed by atoms with van der Waals surface area (Å²) in [4.78, 5) is 18.1. The summed E-state index contributed by atoms with van der Waals surface area (Å²) < 4.78 is 0. The van der Waals surface area contributed by atoms with Crippen molar-refractivity contribution in [3.8, 4) is 0 Å². The summed E-state index contributed by atoms with van der Waals surface area (Å²) in [5, 5.41) is 6.21. The SMILES string of the molecule is CCNC(=NCCNC(C)=O)N1CCC(c2ccccc2)C(CC)C1. The first-order valence-corrected chi connectivity index (χ1v) is 9.48. The summed E-state index contributed by atoms with van der Waals surface area (Å²) in [7, 11) is 0. The standard InChI is InChI=1S/C20H32N4O/c1-4-17-15-24(14-11-19(17)18-9-7-6-8-10-18)20(21-5-2)23-13-12-22-16(3)25/h6-10,17,19H,4-5,11-15H2,1-3H3,(H,21,23)(H,22,25). The number of guanidine groups is 1. The van der Waals surface area contributed by atoms with Crippen molar-refractivity contribution in [3.63, 3.8) is 0 Å². The van der Waals surface area contributed by atoms with Gasteiger partial charge in [-0.15, -0.1) is 0 Å². The molecule has 0 spiro atoms. The number of rotatable bonds is 6. The predicted molar refractivity (Wildman–Crippen MR) is 104 cm³/mol. The van der Waals surface area contributed by atoms with Gasteiger partial charge in [0, 0.05) is 33.1 Å². The monoisotopic (exact) mass is 344 g/mol. The molecule has 1 aliphatic rings. The molecule has 0 bridgehead atoms. The Morgan fingerprint density at radius 3 is 2.64 bits per heavy atom. The number of nitrogens with zero attached hydrogens (tertiary/aromatic N) is 2. The molecule has 2 N–H and O–H groups in total. The molecular formula is C20H32N4O. The summed E-state index contributed by atoms with van der Waals surface area (Å²) in [6.45, 7) is 10.0. The number of likely N-dealkylation sites (tertiary alicyclic amines) is 1. The van der Waals surface area contributed by atoms with Crippen LogP contribution in [0.3, 0.4) is 0 Å². The number of piperidine rings is 1. The van der Waals surface area contributed by atoms with Crippen molar-refractivity contribution in [1.29, 1.82) is 0 Å². The average Bonchev–Trinajstić information content (AvgIpc) is 2.64. The molecule has 1 heterocycles. The van der Waals surface area contributed by atoms with Crippen LogP contribution in [-0.4, -0.2) is 49.5 Å². The summed E-state index contributed by atoms with van der Waals surface area (Å²) in [5.41, 5.74) is 1.46. The molecule has 0 saturated carbocycles. The fraction of sp³-hybridized carbons (Fsp3) is 0.600. The number of aliphatic imine (C=N–C) groups is 1. The van der Waals surface area contributed by atoms with Crippen molar-refractivity contribution >= 4 is 11.9 Å². The van der Waals surface area contributed by atoms with Crippen LogP contribution >= 0.6 is 0 Å². The van der Waals surface area contributed by atoms with Crippen LogP contribution in [0.1, 0.15) is 45.1 Å². The van der Waals surface area contributed by atoms with E-state index in [9.17, 15) is 4.79 Å². The minimum atomic E-state index is -0.00470. The van der Waals surface area contributed by atoms with E-state index in [2.05, 4.69) is 59.7 Å². The third kappa shape index (κ3) is 5.76. The van der Waals surface area contributed by atoms with Crippen LogP contribution in [0.4, 0.5) is 0 Å². The first-order chi connectivity index (χ1) is 12.2. The Hall–Kier alpha value is -2.04. The van der Waals surface area contributed by atoms with Gasteiger partial charge < -0.3 is 15.5 Å². The normalized spacial score (nSPS) is 21.1. The quantitative estimate of drug-likeness (QED) is 0.474. The lowest BCUT2D eigenvalue weighted by molar-refractivity contribution is -0.118. The van der Waals surface area contributed by atoms with E-state index < -0.39 is 0 Å². The van der Waals surface area contributed by atoms with Gasteiger partial charge in [0.15, 0.2) is 5.96 Å². The molecule has 2 unspecified atom stereocenters. The van der Waals surface area contributed by atoms with E-state index in [1.807, 2.05) is 0 Å². The lowest BCUT2D eigenvalue weighted by Gasteiger charge is -2.40. The van der Waals surface area contributed by atoms with Gasteiger partial charge in [-0.1, -0.05) is 43.7 Å². The van der Waals surface area contributed by atoms with Gasteiger partial charge in [0.2, 0.25) is 5.91 Å². The Bertz CT molecular complexity index is 558. The van der Waals surface area contributed by atoms with Gasteiger partial charge in [-0.05, 0) is 30.7 Å². The van der Waals surface area contributed by atoms with Crippen LogP contribution < -0.4 is 10.6 Å². The third-order valence-electron chi connectivity index (χ3n) is 4.87. The smallest absolute Gasteiger partial charge is 0.216 e. The predicted octanol–water partition coefficient (Wildman–Crippen LogP) is 2.60. The number of nitrogens with one attached hydrogen (secondary N) is 2. The highest BCUT2D eigenvalue weighted by Crippen LogP contribution is 2.34. The first-order valence-electron chi connectivity index (χ1n) is 9.48. The van der Waals surface area contributed by atoms with Gasteiger partial charge in [-0.3, -0.25) is 9.79 Å². The summed E-state index contributed by atoms with van der Waals surface area (Å²) in [6, 6.07) is 10.9. The van der Waals surface area contributed by atoms with Gasteiger partial charge in [0.25, 0.3) is 0 Å². The molecule has 1 aromatic rings. The van der Waals surface area contributed by atoms with Crippen LogP contribution in [0.15, 0.2) is 35.3 Å². The molecule has 1 fully saturated rings. The molecule has 0 radical (unpaired) electrons. The second kappa shape index (κ2) is 10.1. The Morgan fingerprint density at radius 1 is 1.24 bits per heavy atom. The maximum absolute atomic E-state index is 11.0. The summed E-state index contributed by atoms with van der Waals surface area (Å²) in [6.07, 6.45) is 2.32. The highest BCUT2D eigenvalue weighted by atomic mass is 16.1. The van der Waals surface area contributed by atoms with Crippen molar-refractivity contribution in [3.05, 3.63) is 35.9 Å². The van der Waals surface area contributed by atoms with Gasteiger partial charge in [-0.2, -0.15) is 0 Å². The van der Waals surface area contributed by atoms with Crippen molar-refractivity contribution in [2.75, 3.05) is 32.7 Å². The zero-order valence-electron chi connectivity index (χ0n) is 15.8. The van der Waals surface area contributed by atoms with Crippen molar-refractivity contribution < 1.29 is 4.79 Å². The van der Waals surface area contributed by atoms with E-state index in [4.69, 9.17) is 4.99 Å². The average molecular weight is 345 g/mol. The van der Waals surface area contributed by atoms with Crippen LogP contribution in [0.25, 0.3) is 0 Å². The van der Waals surface area contributed by atoms with Gasteiger partial charge in [0.05, 0.1) is 6.54 Å². The summed E-state index contributed by atoms with van der Waals surface area (Å²) >= 11 is 0. The molecule has 5 nitrogen and oxygen atoms in total. The van der Waals surface area contributed by atoms with E-state index in [1.165, 1.54) is 18.9 Å². The molecule has 2 rings (SSSR count). The molecule has 2 atom stereocenters. The molecule has 25 heavy (non-hydrogen) atoms. The van der Waals surface area contributed by atoms with E-state index in [1.54, 1.807) is 0 Å². The van der Waals surface area contributed by atoms with E-state index in [0.29, 0.717) is 24.9 Å². The Kier molecular flexibility index (Phi) is 7.76. The lowest BCUT2D eigenvalue weighted by Crippen LogP contribution is -2.48. The highest BCUT2D eigenvalue weighted by Gasteiger charge is 2.30. The zero-order valence-corrected chi connectivity index (χ0v) is 15.8.